The van der Waals surface area contributed by atoms with Gasteiger partial charge in [-0.2, -0.15) is 0 Å². The van der Waals surface area contributed by atoms with E-state index in [-0.39, 0.29) is 5.92 Å². The lowest BCUT2D eigenvalue weighted by molar-refractivity contribution is -0.145. The third-order valence-electron chi connectivity index (χ3n) is 3.55. The van der Waals surface area contributed by atoms with E-state index in [4.69, 9.17) is 9.47 Å². The van der Waals surface area contributed by atoms with Crippen LogP contribution < -0.4 is 10.6 Å². The zero-order valence-electron chi connectivity index (χ0n) is 15.9. The Hall–Kier alpha value is -1.79. The molecule has 0 aromatic rings. The van der Waals surface area contributed by atoms with Gasteiger partial charge in [-0.25, -0.2) is 9.59 Å². The number of alkyl carbamates (subject to hydrolysis) is 1. The first-order valence-corrected chi connectivity index (χ1v) is 8.43. The first kappa shape index (κ1) is 22.2. The highest BCUT2D eigenvalue weighted by Gasteiger charge is 2.31. The lowest BCUT2D eigenvalue weighted by atomic mass is 9.98. The molecule has 0 saturated heterocycles. The van der Waals surface area contributed by atoms with Crippen molar-refractivity contribution in [2.24, 2.45) is 5.92 Å². The number of carbonyl (C=O) groups excluding carboxylic acids is 3. The molecule has 0 heterocycles. The van der Waals surface area contributed by atoms with Crippen LogP contribution in [0.4, 0.5) is 4.79 Å². The molecule has 0 aromatic carbocycles. The highest BCUT2D eigenvalue weighted by Crippen LogP contribution is 2.12. The van der Waals surface area contributed by atoms with E-state index in [9.17, 15) is 14.4 Å². The summed E-state index contributed by atoms with van der Waals surface area (Å²) in [5.74, 6) is -1.03. The summed E-state index contributed by atoms with van der Waals surface area (Å²) in [6, 6.07) is -1.51. The minimum atomic E-state index is -0.783. The average Bonchev–Trinajstić information content (AvgIpc) is 2.48. The summed E-state index contributed by atoms with van der Waals surface area (Å²) in [5.41, 5.74) is -0.655. The normalized spacial score (nSPS) is 15.0. The van der Waals surface area contributed by atoms with Gasteiger partial charge in [0.2, 0.25) is 5.91 Å². The first-order chi connectivity index (χ1) is 11.1. The fourth-order valence-electron chi connectivity index (χ4n) is 2.08. The van der Waals surface area contributed by atoms with E-state index in [1.54, 1.807) is 20.8 Å². The van der Waals surface area contributed by atoms with Gasteiger partial charge in [0, 0.05) is 0 Å². The van der Waals surface area contributed by atoms with Crippen LogP contribution in [0.1, 0.15) is 60.8 Å². The van der Waals surface area contributed by atoms with Gasteiger partial charge in [-0.15, -0.1) is 0 Å². The van der Waals surface area contributed by atoms with E-state index in [0.717, 1.165) is 0 Å². The number of ether oxygens (including phenoxy) is 2. The second-order valence-electron chi connectivity index (χ2n) is 6.88. The molecule has 0 aliphatic rings. The lowest BCUT2D eigenvalue weighted by Gasteiger charge is -2.27. The van der Waals surface area contributed by atoms with Crippen LogP contribution in [0, 0.1) is 5.92 Å². The Morgan fingerprint density at radius 1 is 1.08 bits per heavy atom. The zero-order valence-corrected chi connectivity index (χ0v) is 15.9. The van der Waals surface area contributed by atoms with Crippen molar-refractivity contribution >= 4 is 18.0 Å². The van der Waals surface area contributed by atoms with Crippen LogP contribution in [-0.4, -0.2) is 42.8 Å². The molecule has 140 valence electrons. The zero-order chi connectivity index (χ0) is 18.9. The number of carbonyl (C=O) groups is 3. The maximum Gasteiger partial charge on any atom is 0.408 e. The maximum atomic E-state index is 12.6. The van der Waals surface area contributed by atoms with Crippen LogP contribution in [0.5, 0.6) is 0 Å². The van der Waals surface area contributed by atoms with Crippen LogP contribution in [-0.2, 0) is 19.1 Å². The quantitative estimate of drug-likeness (QED) is 0.659. The Bertz CT molecular complexity index is 431. The summed E-state index contributed by atoms with van der Waals surface area (Å²) in [4.78, 5) is 36.3. The van der Waals surface area contributed by atoms with Gasteiger partial charge < -0.3 is 20.1 Å². The van der Waals surface area contributed by atoms with Crippen molar-refractivity contribution in [1.82, 2.24) is 10.6 Å². The van der Waals surface area contributed by atoms with Gasteiger partial charge in [-0.3, -0.25) is 4.79 Å². The van der Waals surface area contributed by atoms with Gasteiger partial charge in [0.25, 0.3) is 0 Å². The predicted octanol–water partition coefficient (Wildman–Crippen LogP) is 2.38. The monoisotopic (exact) mass is 344 g/mol. The maximum absolute atomic E-state index is 12.6. The molecule has 7 nitrogen and oxygen atoms in total. The molecule has 2 unspecified atom stereocenters. The fraction of sp³-hybridized carbons (Fsp3) is 0.824. The van der Waals surface area contributed by atoms with Crippen molar-refractivity contribution in [1.29, 1.82) is 0 Å². The van der Waals surface area contributed by atoms with E-state index in [2.05, 4.69) is 10.6 Å². The van der Waals surface area contributed by atoms with E-state index in [0.29, 0.717) is 19.3 Å². The Balaban J connectivity index is 5.06. The predicted molar refractivity (Wildman–Crippen MR) is 91.5 cm³/mol. The molecule has 0 aromatic heterocycles. The van der Waals surface area contributed by atoms with Gasteiger partial charge in [0.15, 0.2) is 0 Å². The van der Waals surface area contributed by atoms with Gasteiger partial charge in [-0.1, -0.05) is 33.6 Å². The Kier molecular flexibility index (Phi) is 9.40. The molecule has 0 aliphatic carbocycles. The third-order valence-corrected chi connectivity index (χ3v) is 3.55. The summed E-state index contributed by atoms with van der Waals surface area (Å²) in [6.07, 6.45) is 1.21. The smallest absolute Gasteiger partial charge is 0.408 e. The van der Waals surface area contributed by atoms with Crippen molar-refractivity contribution in [3.8, 4) is 0 Å². The fourth-order valence-corrected chi connectivity index (χ4v) is 2.08. The molecule has 24 heavy (non-hydrogen) atoms. The van der Waals surface area contributed by atoms with Crippen molar-refractivity contribution in [2.75, 3.05) is 7.11 Å². The van der Waals surface area contributed by atoms with Crippen LogP contribution in [0.15, 0.2) is 0 Å². The molecule has 0 fully saturated rings. The molecule has 0 aliphatic heterocycles. The number of hydrogen-bond acceptors (Lipinski definition) is 5. The van der Waals surface area contributed by atoms with Crippen molar-refractivity contribution in [3.63, 3.8) is 0 Å². The van der Waals surface area contributed by atoms with E-state index in [1.807, 2.05) is 20.8 Å². The van der Waals surface area contributed by atoms with E-state index in [1.165, 1.54) is 7.11 Å². The molecule has 2 amide bonds. The molecule has 7 heteroatoms. The lowest BCUT2D eigenvalue weighted by Crippen LogP contribution is -2.54. The standard InChI is InChI=1S/C17H32N2O5/c1-8-10-12(15(21)23-7)18-14(20)13(11(3)9-2)19-16(22)24-17(4,5)6/h11-13H,8-10H2,1-7H3,(H,18,20)(H,19,22)/t11?,12-,13?/m0/s1. The molecule has 0 spiro atoms. The first-order valence-electron chi connectivity index (χ1n) is 8.43. The Morgan fingerprint density at radius 3 is 2.08 bits per heavy atom. The van der Waals surface area contributed by atoms with E-state index < -0.39 is 35.7 Å². The third kappa shape index (κ3) is 8.17. The summed E-state index contributed by atoms with van der Waals surface area (Å²) >= 11 is 0. The number of hydrogen-bond donors (Lipinski definition) is 2. The number of nitrogens with one attached hydrogen (secondary N) is 2. The molecule has 0 bridgehead atoms. The minimum Gasteiger partial charge on any atom is -0.467 e. The Labute approximate surface area is 144 Å². The van der Waals surface area contributed by atoms with Gasteiger partial charge in [0.05, 0.1) is 7.11 Å². The van der Waals surface area contributed by atoms with Crippen molar-refractivity contribution in [2.45, 2.75) is 78.5 Å². The SMILES string of the molecule is CCC[C@H](NC(=O)C(NC(=O)OC(C)(C)C)C(C)CC)C(=O)OC. The molecular weight excluding hydrogens is 312 g/mol. The molecule has 3 atom stereocenters. The second-order valence-corrected chi connectivity index (χ2v) is 6.88. The summed E-state index contributed by atoms with van der Waals surface area (Å²) in [6.45, 7) is 10.9. The molecule has 2 N–H and O–H groups in total. The van der Waals surface area contributed by atoms with Crippen molar-refractivity contribution in [3.05, 3.63) is 0 Å². The van der Waals surface area contributed by atoms with Gasteiger partial charge in [-0.05, 0) is 33.1 Å². The average molecular weight is 344 g/mol. The molecule has 0 radical (unpaired) electrons. The number of esters is 1. The largest absolute Gasteiger partial charge is 0.467 e. The topological polar surface area (TPSA) is 93.7 Å². The van der Waals surface area contributed by atoms with Crippen molar-refractivity contribution < 1.29 is 23.9 Å². The van der Waals surface area contributed by atoms with Crippen LogP contribution in [0.3, 0.4) is 0 Å². The summed E-state index contributed by atoms with van der Waals surface area (Å²) in [5, 5.41) is 5.27. The molecule has 0 saturated carbocycles. The second kappa shape index (κ2) is 10.2. The summed E-state index contributed by atoms with van der Waals surface area (Å²) < 4.78 is 9.93. The van der Waals surface area contributed by atoms with Crippen LogP contribution >= 0.6 is 0 Å². The molecule has 0 rings (SSSR count). The summed E-state index contributed by atoms with van der Waals surface area (Å²) in [7, 11) is 1.28. The van der Waals surface area contributed by atoms with Gasteiger partial charge in [0.1, 0.15) is 17.7 Å². The number of methoxy groups -OCH3 is 1. The Morgan fingerprint density at radius 2 is 1.67 bits per heavy atom. The number of rotatable bonds is 8. The highest BCUT2D eigenvalue weighted by molar-refractivity contribution is 5.89. The van der Waals surface area contributed by atoms with E-state index >= 15 is 0 Å². The van der Waals surface area contributed by atoms with Crippen LogP contribution in [0.25, 0.3) is 0 Å². The van der Waals surface area contributed by atoms with Gasteiger partial charge >= 0.3 is 12.1 Å². The molecular formula is C17H32N2O5. The number of amides is 2. The van der Waals surface area contributed by atoms with Crippen LogP contribution in [0.2, 0.25) is 0 Å². The minimum absolute atomic E-state index is 0.113. The highest BCUT2D eigenvalue weighted by atomic mass is 16.6.